The van der Waals surface area contributed by atoms with E-state index >= 15 is 0 Å². The number of esters is 1. The summed E-state index contributed by atoms with van der Waals surface area (Å²) in [6.07, 6.45) is 4.47. The van der Waals surface area contributed by atoms with Gasteiger partial charge >= 0.3 is 5.97 Å². The molecule has 1 aliphatic carbocycles. The van der Waals surface area contributed by atoms with Crippen molar-refractivity contribution < 1.29 is 14.6 Å². The summed E-state index contributed by atoms with van der Waals surface area (Å²) in [6.45, 7) is 1.65. The van der Waals surface area contributed by atoms with Gasteiger partial charge in [-0.15, -0.1) is 0 Å². The summed E-state index contributed by atoms with van der Waals surface area (Å²) >= 11 is 5.95. The molecule has 1 N–H and O–H groups in total. The SMILES string of the molecule is CN1CCC(OC(=O)C(O)(c2ccc(Cl)cc2)C2CCCC2)C1. The lowest BCUT2D eigenvalue weighted by atomic mass is 9.80. The first-order valence-electron chi connectivity index (χ1n) is 8.38. The van der Waals surface area contributed by atoms with E-state index in [4.69, 9.17) is 16.3 Å². The van der Waals surface area contributed by atoms with Crippen LogP contribution in [-0.4, -0.2) is 42.2 Å². The summed E-state index contributed by atoms with van der Waals surface area (Å²) in [5, 5.41) is 11.9. The maximum atomic E-state index is 12.9. The van der Waals surface area contributed by atoms with Crippen molar-refractivity contribution in [3.63, 3.8) is 0 Å². The molecular weight excluding hydrogens is 314 g/mol. The molecule has 0 amide bonds. The van der Waals surface area contributed by atoms with Crippen molar-refractivity contribution >= 4 is 17.6 Å². The van der Waals surface area contributed by atoms with Crippen LogP contribution in [0.3, 0.4) is 0 Å². The lowest BCUT2D eigenvalue weighted by Crippen LogP contribution is -2.45. The predicted octanol–water partition coefficient (Wildman–Crippen LogP) is 2.97. The molecule has 0 radical (unpaired) electrons. The van der Waals surface area contributed by atoms with Crippen LogP contribution in [0.15, 0.2) is 24.3 Å². The third kappa shape index (κ3) is 3.39. The van der Waals surface area contributed by atoms with Gasteiger partial charge in [-0.2, -0.15) is 0 Å². The van der Waals surface area contributed by atoms with Crippen molar-refractivity contribution in [3.05, 3.63) is 34.9 Å². The molecule has 2 fully saturated rings. The van der Waals surface area contributed by atoms with Crippen LogP contribution in [0.2, 0.25) is 5.02 Å². The van der Waals surface area contributed by atoms with Crippen LogP contribution in [-0.2, 0) is 15.1 Å². The fourth-order valence-electron chi connectivity index (χ4n) is 3.80. The first-order chi connectivity index (χ1) is 11.0. The Morgan fingerprint density at radius 3 is 2.48 bits per heavy atom. The van der Waals surface area contributed by atoms with Crippen molar-refractivity contribution in [2.75, 3.05) is 20.1 Å². The molecule has 1 saturated heterocycles. The highest BCUT2D eigenvalue weighted by molar-refractivity contribution is 6.30. The number of aliphatic hydroxyl groups is 1. The number of likely N-dealkylation sites (tertiary alicyclic amines) is 1. The number of benzene rings is 1. The van der Waals surface area contributed by atoms with E-state index in [1.54, 1.807) is 24.3 Å². The zero-order chi connectivity index (χ0) is 16.4. The summed E-state index contributed by atoms with van der Waals surface area (Å²) in [7, 11) is 2.01. The van der Waals surface area contributed by atoms with Gasteiger partial charge in [0.05, 0.1) is 0 Å². The Hall–Kier alpha value is -1.10. The number of hydrogen-bond acceptors (Lipinski definition) is 4. The van der Waals surface area contributed by atoms with E-state index in [9.17, 15) is 9.90 Å². The number of carbonyl (C=O) groups is 1. The largest absolute Gasteiger partial charge is 0.459 e. The van der Waals surface area contributed by atoms with E-state index in [0.29, 0.717) is 10.6 Å². The second-order valence-corrected chi connectivity index (χ2v) is 7.27. The molecule has 0 bridgehead atoms. The molecule has 0 aromatic heterocycles. The normalized spacial score (nSPS) is 25.4. The van der Waals surface area contributed by atoms with Gasteiger partial charge in [0.15, 0.2) is 5.60 Å². The molecule has 2 atom stereocenters. The molecule has 23 heavy (non-hydrogen) atoms. The second kappa shape index (κ2) is 6.80. The van der Waals surface area contributed by atoms with Crippen molar-refractivity contribution in [1.29, 1.82) is 0 Å². The topological polar surface area (TPSA) is 49.8 Å². The van der Waals surface area contributed by atoms with Gasteiger partial charge < -0.3 is 14.7 Å². The number of rotatable bonds is 4. The first kappa shape index (κ1) is 16.7. The molecule has 1 aliphatic heterocycles. The van der Waals surface area contributed by atoms with Crippen LogP contribution in [0.4, 0.5) is 0 Å². The van der Waals surface area contributed by atoms with Crippen molar-refractivity contribution in [2.45, 2.75) is 43.8 Å². The molecular formula is C18H24ClNO3. The van der Waals surface area contributed by atoms with E-state index in [-0.39, 0.29) is 12.0 Å². The molecule has 2 aliphatic rings. The molecule has 1 heterocycles. The monoisotopic (exact) mass is 337 g/mol. The Bertz CT molecular complexity index is 556. The fourth-order valence-corrected chi connectivity index (χ4v) is 3.93. The zero-order valence-corrected chi connectivity index (χ0v) is 14.3. The van der Waals surface area contributed by atoms with Gasteiger partial charge in [0.2, 0.25) is 0 Å². The maximum absolute atomic E-state index is 12.9. The van der Waals surface area contributed by atoms with Gasteiger partial charge in [-0.25, -0.2) is 4.79 Å². The van der Waals surface area contributed by atoms with E-state index in [1.165, 1.54) is 0 Å². The van der Waals surface area contributed by atoms with E-state index in [0.717, 1.165) is 45.2 Å². The third-order valence-corrected chi connectivity index (χ3v) is 5.42. The Balaban J connectivity index is 1.85. The number of nitrogens with zero attached hydrogens (tertiary/aromatic N) is 1. The van der Waals surface area contributed by atoms with Gasteiger partial charge in [-0.1, -0.05) is 36.6 Å². The van der Waals surface area contributed by atoms with Gasteiger partial charge in [0.25, 0.3) is 0 Å². The van der Waals surface area contributed by atoms with Crippen LogP contribution in [0.5, 0.6) is 0 Å². The molecule has 1 aromatic carbocycles. The second-order valence-electron chi connectivity index (χ2n) is 6.83. The number of hydrogen-bond donors (Lipinski definition) is 1. The first-order valence-corrected chi connectivity index (χ1v) is 8.76. The van der Waals surface area contributed by atoms with Gasteiger partial charge in [0, 0.05) is 24.0 Å². The minimum Gasteiger partial charge on any atom is -0.459 e. The Morgan fingerprint density at radius 1 is 1.26 bits per heavy atom. The van der Waals surface area contributed by atoms with Gasteiger partial charge in [-0.3, -0.25) is 0 Å². The van der Waals surface area contributed by atoms with E-state index in [2.05, 4.69) is 4.90 Å². The fraction of sp³-hybridized carbons (Fsp3) is 0.611. The molecule has 126 valence electrons. The number of carbonyl (C=O) groups excluding carboxylic acids is 1. The van der Waals surface area contributed by atoms with Crippen molar-refractivity contribution in [3.8, 4) is 0 Å². The standard InChI is InChI=1S/C18H24ClNO3/c1-20-11-10-16(12-20)23-17(21)18(22,13-4-2-3-5-13)14-6-8-15(19)9-7-14/h6-9,13,16,22H,2-5,10-12H2,1H3. The Morgan fingerprint density at radius 2 is 1.91 bits per heavy atom. The minimum atomic E-state index is -1.57. The highest BCUT2D eigenvalue weighted by Gasteiger charge is 2.48. The zero-order valence-electron chi connectivity index (χ0n) is 13.5. The quantitative estimate of drug-likeness (QED) is 0.858. The Kier molecular flexibility index (Phi) is 4.95. The summed E-state index contributed by atoms with van der Waals surface area (Å²) in [5.74, 6) is -0.595. The van der Waals surface area contributed by atoms with E-state index in [1.807, 2.05) is 7.05 Å². The third-order valence-electron chi connectivity index (χ3n) is 5.16. The van der Waals surface area contributed by atoms with Crippen LogP contribution < -0.4 is 0 Å². The molecule has 3 rings (SSSR count). The minimum absolute atomic E-state index is 0.0877. The molecule has 2 unspecified atom stereocenters. The van der Waals surface area contributed by atoms with Crippen molar-refractivity contribution in [1.82, 2.24) is 4.90 Å². The van der Waals surface area contributed by atoms with Crippen LogP contribution in [0, 0.1) is 5.92 Å². The molecule has 4 nitrogen and oxygen atoms in total. The highest BCUT2D eigenvalue weighted by Crippen LogP contribution is 2.42. The van der Waals surface area contributed by atoms with E-state index < -0.39 is 11.6 Å². The molecule has 5 heteroatoms. The molecule has 0 spiro atoms. The number of halogens is 1. The van der Waals surface area contributed by atoms with Gasteiger partial charge in [0.1, 0.15) is 6.10 Å². The molecule has 1 saturated carbocycles. The number of ether oxygens (including phenoxy) is 1. The number of likely N-dealkylation sites (N-methyl/N-ethyl adjacent to an activating group) is 1. The van der Waals surface area contributed by atoms with Crippen molar-refractivity contribution in [2.24, 2.45) is 5.92 Å². The smallest absolute Gasteiger partial charge is 0.343 e. The summed E-state index contributed by atoms with van der Waals surface area (Å²) < 4.78 is 5.68. The van der Waals surface area contributed by atoms with Crippen LogP contribution in [0.25, 0.3) is 0 Å². The summed E-state index contributed by atoms with van der Waals surface area (Å²) in [5.41, 5.74) is -0.979. The lowest BCUT2D eigenvalue weighted by molar-refractivity contribution is -0.178. The van der Waals surface area contributed by atoms with Gasteiger partial charge in [-0.05, 0) is 44.0 Å². The highest BCUT2D eigenvalue weighted by atomic mass is 35.5. The molecule has 1 aromatic rings. The van der Waals surface area contributed by atoms with Crippen LogP contribution in [0.1, 0.15) is 37.7 Å². The van der Waals surface area contributed by atoms with Crippen LogP contribution >= 0.6 is 11.6 Å². The maximum Gasteiger partial charge on any atom is 0.343 e. The Labute approximate surface area is 142 Å². The summed E-state index contributed by atoms with van der Waals surface area (Å²) in [4.78, 5) is 15.0. The summed E-state index contributed by atoms with van der Waals surface area (Å²) in [6, 6.07) is 6.91. The predicted molar refractivity (Wildman–Crippen MR) is 89.3 cm³/mol. The average molecular weight is 338 g/mol. The lowest BCUT2D eigenvalue weighted by Gasteiger charge is -2.33. The average Bonchev–Trinajstić information content (AvgIpc) is 3.19.